The van der Waals surface area contributed by atoms with E-state index >= 15 is 0 Å². The van der Waals surface area contributed by atoms with Crippen molar-refractivity contribution in [1.82, 2.24) is 0 Å². The number of methoxy groups -OCH3 is 1. The summed E-state index contributed by atoms with van der Waals surface area (Å²) in [6.45, 7) is 3.61. The lowest BCUT2D eigenvalue weighted by molar-refractivity contribution is 0.0379. The summed E-state index contributed by atoms with van der Waals surface area (Å²) < 4.78 is 10.6. The molecule has 0 spiro atoms. The molecule has 0 amide bonds. The zero-order chi connectivity index (χ0) is 16.1. The molecule has 0 heterocycles. The van der Waals surface area contributed by atoms with Crippen LogP contribution in [0.4, 0.5) is 17.1 Å². The predicted molar refractivity (Wildman–Crippen MR) is 87.7 cm³/mol. The SMILES string of the molecule is COc1ccccc1Nc1ccc(N)cc1C(=O)OC(C)C. The average Bonchev–Trinajstić information content (AvgIpc) is 2.48. The van der Waals surface area contributed by atoms with Crippen LogP contribution in [0.3, 0.4) is 0 Å². The van der Waals surface area contributed by atoms with E-state index < -0.39 is 5.97 Å². The van der Waals surface area contributed by atoms with E-state index in [4.69, 9.17) is 15.2 Å². The molecular formula is C17H20N2O3. The van der Waals surface area contributed by atoms with Gasteiger partial charge in [0.05, 0.1) is 30.2 Å². The lowest BCUT2D eigenvalue weighted by atomic mass is 10.1. The highest BCUT2D eigenvalue weighted by molar-refractivity contribution is 5.98. The van der Waals surface area contributed by atoms with Crippen molar-refractivity contribution in [3.05, 3.63) is 48.0 Å². The largest absolute Gasteiger partial charge is 0.495 e. The number of carbonyl (C=O) groups is 1. The number of carbonyl (C=O) groups excluding carboxylic acids is 1. The number of nitrogen functional groups attached to an aromatic ring is 1. The van der Waals surface area contributed by atoms with Gasteiger partial charge in [-0.05, 0) is 44.2 Å². The summed E-state index contributed by atoms with van der Waals surface area (Å²) in [7, 11) is 1.59. The van der Waals surface area contributed by atoms with Crippen LogP contribution in [0.2, 0.25) is 0 Å². The lowest BCUT2D eigenvalue weighted by Crippen LogP contribution is -2.13. The molecule has 22 heavy (non-hydrogen) atoms. The number of para-hydroxylation sites is 2. The molecule has 2 aromatic rings. The predicted octanol–water partition coefficient (Wildman–Crippen LogP) is 3.59. The van der Waals surface area contributed by atoms with E-state index in [1.807, 2.05) is 24.3 Å². The zero-order valence-corrected chi connectivity index (χ0v) is 12.9. The van der Waals surface area contributed by atoms with Gasteiger partial charge < -0.3 is 20.5 Å². The normalized spacial score (nSPS) is 10.4. The third kappa shape index (κ3) is 3.69. The highest BCUT2D eigenvalue weighted by Crippen LogP contribution is 2.30. The topological polar surface area (TPSA) is 73.6 Å². The van der Waals surface area contributed by atoms with Crippen LogP contribution in [0, 0.1) is 0 Å². The minimum Gasteiger partial charge on any atom is -0.495 e. The van der Waals surface area contributed by atoms with Gasteiger partial charge in [0.15, 0.2) is 0 Å². The fourth-order valence-electron chi connectivity index (χ4n) is 2.01. The number of hydrogen-bond donors (Lipinski definition) is 2. The molecule has 3 N–H and O–H groups in total. The van der Waals surface area contributed by atoms with Gasteiger partial charge >= 0.3 is 5.97 Å². The minimum atomic E-state index is -0.417. The fraction of sp³-hybridized carbons (Fsp3) is 0.235. The van der Waals surface area contributed by atoms with Crippen LogP contribution in [-0.2, 0) is 4.74 Å². The zero-order valence-electron chi connectivity index (χ0n) is 12.9. The first-order valence-electron chi connectivity index (χ1n) is 7.02. The highest BCUT2D eigenvalue weighted by atomic mass is 16.5. The number of hydrogen-bond acceptors (Lipinski definition) is 5. The molecule has 0 aliphatic carbocycles. The molecule has 2 rings (SSSR count). The maximum absolute atomic E-state index is 12.2. The molecule has 0 aliphatic rings. The van der Waals surface area contributed by atoms with E-state index in [1.54, 1.807) is 39.2 Å². The molecule has 0 saturated heterocycles. The summed E-state index contributed by atoms with van der Waals surface area (Å²) >= 11 is 0. The third-order valence-electron chi connectivity index (χ3n) is 2.98. The van der Waals surface area contributed by atoms with Gasteiger partial charge in [-0.15, -0.1) is 0 Å². The number of nitrogens with one attached hydrogen (secondary N) is 1. The van der Waals surface area contributed by atoms with Gasteiger partial charge in [0, 0.05) is 5.69 Å². The summed E-state index contributed by atoms with van der Waals surface area (Å²) in [5.41, 5.74) is 8.05. The van der Waals surface area contributed by atoms with Gasteiger partial charge in [-0.3, -0.25) is 0 Å². The van der Waals surface area contributed by atoms with Crippen molar-refractivity contribution in [3.63, 3.8) is 0 Å². The maximum atomic E-state index is 12.2. The smallest absolute Gasteiger partial charge is 0.340 e. The number of anilines is 3. The van der Waals surface area contributed by atoms with Crippen molar-refractivity contribution in [1.29, 1.82) is 0 Å². The van der Waals surface area contributed by atoms with E-state index in [1.165, 1.54) is 0 Å². The van der Waals surface area contributed by atoms with Crippen molar-refractivity contribution in [2.45, 2.75) is 20.0 Å². The standard InChI is InChI=1S/C17H20N2O3/c1-11(2)22-17(20)13-10-12(18)8-9-14(13)19-15-6-4-5-7-16(15)21-3/h4-11,19H,18H2,1-3H3. The minimum absolute atomic E-state index is 0.201. The molecule has 0 unspecified atom stereocenters. The van der Waals surface area contributed by atoms with Gasteiger partial charge in [-0.25, -0.2) is 4.79 Å². The Morgan fingerprint density at radius 2 is 1.86 bits per heavy atom. The molecule has 0 saturated carbocycles. The van der Waals surface area contributed by atoms with Crippen LogP contribution in [0.1, 0.15) is 24.2 Å². The number of esters is 1. The monoisotopic (exact) mass is 300 g/mol. The summed E-state index contributed by atoms with van der Waals surface area (Å²) in [6.07, 6.45) is -0.201. The first-order chi connectivity index (χ1) is 10.5. The molecule has 5 heteroatoms. The second kappa shape index (κ2) is 6.85. The Balaban J connectivity index is 2.36. The van der Waals surface area contributed by atoms with Crippen molar-refractivity contribution >= 4 is 23.0 Å². The van der Waals surface area contributed by atoms with Gasteiger partial charge in [-0.2, -0.15) is 0 Å². The molecule has 0 atom stereocenters. The van der Waals surface area contributed by atoms with Crippen LogP contribution in [0.5, 0.6) is 5.75 Å². The molecule has 0 fully saturated rings. The Labute approximate surface area is 130 Å². The van der Waals surface area contributed by atoms with Crippen molar-refractivity contribution < 1.29 is 14.3 Å². The van der Waals surface area contributed by atoms with Crippen molar-refractivity contribution in [2.24, 2.45) is 0 Å². The van der Waals surface area contributed by atoms with Crippen molar-refractivity contribution in [3.8, 4) is 5.75 Å². The van der Waals surface area contributed by atoms with Crippen LogP contribution < -0.4 is 15.8 Å². The van der Waals surface area contributed by atoms with Crippen LogP contribution in [0.15, 0.2) is 42.5 Å². The van der Waals surface area contributed by atoms with Gasteiger partial charge in [-0.1, -0.05) is 12.1 Å². The first kappa shape index (κ1) is 15.7. The quantitative estimate of drug-likeness (QED) is 0.652. The highest BCUT2D eigenvalue weighted by Gasteiger charge is 2.16. The molecule has 0 radical (unpaired) electrons. The Hall–Kier alpha value is -2.69. The second-order valence-electron chi connectivity index (χ2n) is 5.08. The molecule has 0 bridgehead atoms. The molecular weight excluding hydrogens is 280 g/mol. The van der Waals surface area contributed by atoms with Crippen LogP contribution in [0.25, 0.3) is 0 Å². The summed E-state index contributed by atoms with van der Waals surface area (Å²) in [5.74, 6) is 0.266. The average molecular weight is 300 g/mol. The Kier molecular flexibility index (Phi) is 4.88. The lowest BCUT2D eigenvalue weighted by Gasteiger charge is -2.15. The van der Waals surface area contributed by atoms with E-state index in [-0.39, 0.29) is 6.10 Å². The third-order valence-corrected chi connectivity index (χ3v) is 2.98. The molecule has 0 aliphatic heterocycles. The summed E-state index contributed by atoms with van der Waals surface area (Å²) in [6, 6.07) is 12.5. The van der Waals surface area contributed by atoms with Gasteiger partial charge in [0.25, 0.3) is 0 Å². The van der Waals surface area contributed by atoms with Crippen molar-refractivity contribution in [2.75, 3.05) is 18.2 Å². The van der Waals surface area contributed by atoms with E-state index in [0.29, 0.717) is 22.7 Å². The second-order valence-corrected chi connectivity index (χ2v) is 5.08. The van der Waals surface area contributed by atoms with E-state index in [2.05, 4.69) is 5.32 Å². The summed E-state index contributed by atoms with van der Waals surface area (Å²) in [4.78, 5) is 12.2. The Morgan fingerprint density at radius 3 is 2.55 bits per heavy atom. The van der Waals surface area contributed by atoms with E-state index in [0.717, 1.165) is 5.69 Å². The fourth-order valence-corrected chi connectivity index (χ4v) is 2.01. The molecule has 2 aromatic carbocycles. The molecule has 5 nitrogen and oxygen atoms in total. The molecule has 116 valence electrons. The Morgan fingerprint density at radius 1 is 1.14 bits per heavy atom. The van der Waals surface area contributed by atoms with Gasteiger partial charge in [0.2, 0.25) is 0 Å². The number of nitrogens with two attached hydrogens (primary N) is 1. The Bertz CT molecular complexity index is 669. The van der Waals surface area contributed by atoms with Crippen LogP contribution >= 0.6 is 0 Å². The van der Waals surface area contributed by atoms with Crippen LogP contribution in [-0.4, -0.2) is 19.2 Å². The molecule has 0 aromatic heterocycles. The summed E-state index contributed by atoms with van der Waals surface area (Å²) in [5, 5.41) is 3.19. The maximum Gasteiger partial charge on any atom is 0.340 e. The van der Waals surface area contributed by atoms with E-state index in [9.17, 15) is 4.79 Å². The first-order valence-corrected chi connectivity index (χ1v) is 7.02. The number of ether oxygens (including phenoxy) is 2. The number of rotatable bonds is 5. The number of benzene rings is 2. The van der Waals surface area contributed by atoms with Gasteiger partial charge in [0.1, 0.15) is 5.75 Å².